The molecule has 160 valence electrons. The molecule has 0 heterocycles. The zero-order chi connectivity index (χ0) is 22.2. The zero-order valence-electron chi connectivity index (χ0n) is 18.0. The quantitative estimate of drug-likeness (QED) is 0.482. The van der Waals surface area contributed by atoms with Crippen molar-refractivity contribution in [2.75, 3.05) is 29.1 Å². The SMILES string of the molecule is CCOc1ccc(NC(=O)c2ccccc2NCC(=O)Nc2ccc(C)cc2C)cc1. The summed E-state index contributed by atoms with van der Waals surface area (Å²) < 4.78 is 5.42. The van der Waals surface area contributed by atoms with Crippen molar-refractivity contribution in [3.63, 3.8) is 0 Å². The maximum atomic E-state index is 12.8. The molecular weight excluding hydrogens is 390 g/mol. The van der Waals surface area contributed by atoms with Gasteiger partial charge in [-0.1, -0.05) is 29.8 Å². The second kappa shape index (κ2) is 10.3. The Bertz CT molecular complexity index is 1060. The maximum absolute atomic E-state index is 12.8. The van der Waals surface area contributed by atoms with E-state index in [0.717, 1.165) is 22.6 Å². The number of nitrogens with one attached hydrogen (secondary N) is 3. The summed E-state index contributed by atoms with van der Waals surface area (Å²) in [7, 11) is 0. The number of aryl methyl sites for hydroxylation is 2. The summed E-state index contributed by atoms with van der Waals surface area (Å²) in [6, 6.07) is 20.1. The van der Waals surface area contributed by atoms with Crippen molar-refractivity contribution >= 4 is 28.9 Å². The van der Waals surface area contributed by atoms with E-state index in [4.69, 9.17) is 4.74 Å². The van der Waals surface area contributed by atoms with Gasteiger partial charge in [-0.2, -0.15) is 0 Å². The lowest BCUT2D eigenvalue weighted by Gasteiger charge is -2.13. The molecule has 0 bridgehead atoms. The molecule has 3 aromatic carbocycles. The first-order valence-electron chi connectivity index (χ1n) is 10.2. The van der Waals surface area contributed by atoms with Crippen LogP contribution in [0.25, 0.3) is 0 Å². The van der Waals surface area contributed by atoms with E-state index in [9.17, 15) is 9.59 Å². The number of para-hydroxylation sites is 1. The molecule has 0 aliphatic carbocycles. The van der Waals surface area contributed by atoms with Crippen LogP contribution in [0.5, 0.6) is 5.75 Å². The first-order valence-corrected chi connectivity index (χ1v) is 10.2. The largest absolute Gasteiger partial charge is 0.494 e. The fourth-order valence-electron chi connectivity index (χ4n) is 3.16. The summed E-state index contributed by atoms with van der Waals surface area (Å²) in [4.78, 5) is 25.2. The van der Waals surface area contributed by atoms with E-state index >= 15 is 0 Å². The molecule has 0 aromatic heterocycles. The van der Waals surface area contributed by atoms with Gasteiger partial charge in [-0.15, -0.1) is 0 Å². The van der Waals surface area contributed by atoms with Gasteiger partial charge in [0, 0.05) is 17.1 Å². The molecule has 31 heavy (non-hydrogen) atoms. The molecule has 0 atom stereocenters. The highest BCUT2D eigenvalue weighted by Crippen LogP contribution is 2.20. The summed E-state index contributed by atoms with van der Waals surface area (Å²) in [6.07, 6.45) is 0. The molecule has 0 aliphatic heterocycles. The van der Waals surface area contributed by atoms with Crippen molar-refractivity contribution in [1.29, 1.82) is 0 Å². The second-order valence-electron chi connectivity index (χ2n) is 7.18. The van der Waals surface area contributed by atoms with Gasteiger partial charge in [-0.25, -0.2) is 0 Å². The molecular formula is C25H27N3O3. The van der Waals surface area contributed by atoms with Gasteiger partial charge in [-0.3, -0.25) is 9.59 Å². The molecule has 0 aliphatic rings. The standard InChI is InChI=1S/C25H27N3O3/c1-4-31-20-12-10-19(11-13-20)27-25(30)21-7-5-6-8-23(21)26-16-24(29)28-22-14-9-17(2)15-18(22)3/h5-15,26H,4,16H2,1-3H3,(H,27,30)(H,28,29). The third-order valence-corrected chi connectivity index (χ3v) is 4.69. The number of hydrogen-bond acceptors (Lipinski definition) is 4. The lowest BCUT2D eigenvalue weighted by molar-refractivity contribution is -0.114. The molecule has 0 saturated heterocycles. The highest BCUT2D eigenvalue weighted by molar-refractivity contribution is 6.08. The number of carbonyl (C=O) groups is 2. The highest BCUT2D eigenvalue weighted by atomic mass is 16.5. The van der Waals surface area contributed by atoms with Gasteiger partial charge in [0.2, 0.25) is 5.91 Å². The van der Waals surface area contributed by atoms with E-state index < -0.39 is 0 Å². The van der Waals surface area contributed by atoms with Crippen molar-refractivity contribution in [2.45, 2.75) is 20.8 Å². The molecule has 2 amide bonds. The van der Waals surface area contributed by atoms with E-state index in [1.54, 1.807) is 42.5 Å². The van der Waals surface area contributed by atoms with Crippen molar-refractivity contribution in [3.8, 4) is 5.75 Å². The Morgan fingerprint density at radius 2 is 1.61 bits per heavy atom. The van der Waals surface area contributed by atoms with Crippen LogP contribution in [0.15, 0.2) is 66.7 Å². The lowest BCUT2D eigenvalue weighted by atomic mass is 10.1. The summed E-state index contributed by atoms with van der Waals surface area (Å²) in [5, 5.41) is 8.83. The van der Waals surface area contributed by atoms with Crippen LogP contribution >= 0.6 is 0 Å². The van der Waals surface area contributed by atoms with Gasteiger partial charge in [0.1, 0.15) is 5.75 Å². The minimum Gasteiger partial charge on any atom is -0.494 e. The number of rotatable bonds is 8. The Hall–Kier alpha value is -3.80. The van der Waals surface area contributed by atoms with E-state index in [0.29, 0.717) is 23.5 Å². The van der Waals surface area contributed by atoms with E-state index in [1.165, 1.54) is 0 Å². The van der Waals surface area contributed by atoms with Crippen LogP contribution in [0, 0.1) is 13.8 Å². The average Bonchev–Trinajstić information content (AvgIpc) is 2.76. The van der Waals surface area contributed by atoms with Crippen LogP contribution < -0.4 is 20.7 Å². The monoisotopic (exact) mass is 417 g/mol. The van der Waals surface area contributed by atoms with Gasteiger partial charge in [-0.05, 0) is 68.8 Å². The lowest BCUT2D eigenvalue weighted by Crippen LogP contribution is -2.23. The third kappa shape index (κ3) is 6.09. The summed E-state index contributed by atoms with van der Waals surface area (Å²) in [5.74, 6) is 0.299. The summed E-state index contributed by atoms with van der Waals surface area (Å²) in [6.45, 7) is 6.51. The van der Waals surface area contributed by atoms with Crippen LogP contribution in [-0.2, 0) is 4.79 Å². The van der Waals surface area contributed by atoms with Crippen LogP contribution in [0.3, 0.4) is 0 Å². The fraction of sp³-hybridized carbons (Fsp3) is 0.200. The van der Waals surface area contributed by atoms with Crippen molar-refractivity contribution < 1.29 is 14.3 Å². The second-order valence-corrected chi connectivity index (χ2v) is 7.18. The maximum Gasteiger partial charge on any atom is 0.257 e. The number of hydrogen-bond donors (Lipinski definition) is 3. The Morgan fingerprint density at radius 1 is 0.871 bits per heavy atom. The first-order chi connectivity index (χ1) is 15.0. The fourth-order valence-corrected chi connectivity index (χ4v) is 3.16. The predicted molar refractivity (Wildman–Crippen MR) is 125 cm³/mol. The average molecular weight is 418 g/mol. The zero-order valence-corrected chi connectivity index (χ0v) is 18.0. The van der Waals surface area contributed by atoms with Gasteiger partial charge in [0.25, 0.3) is 5.91 Å². The van der Waals surface area contributed by atoms with Crippen molar-refractivity contribution in [1.82, 2.24) is 0 Å². The Morgan fingerprint density at radius 3 is 2.32 bits per heavy atom. The number of benzene rings is 3. The Balaban J connectivity index is 1.62. The molecule has 0 spiro atoms. The Labute approximate surface area is 182 Å². The minimum atomic E-state index is -0.262. The van der Waals surface area contributed by atoms with E-state index in [1.807, 2.05) is 45.0 Å². The molecule has 0 fully saturated rings. The number of ether oxygens (including phenoxy) is 1. The molecule has 3 aromatic rings. The van der Waals surface area contributed by atoms with Crippen LogP contribution in [-0.4, -0.2) is 25.0 Å². The highest BCUT2D eigenvalue weighted by Gasteiger charge is 2.13. The van der Waals surface area contributed by atoms with Crippen molar-refractivity contribution in [3.05, 3.63) is 83.4 Å². The van der Waals surface area contributed by atoms with Gasteiger partial charge < -0.3 is 20.7 Å². The van der Waals surface area contributed by atoms with E-state index in [2.05, 4.69) is 16.0 Å². The molecule has 0 radical (unpaired) electrons. The van der Waals surface area contributed by atoms with Crippen LogP contribution in [0.1, 0.15) is 28.4 Å². The van der Waals surface area contributed by atoms with Crippen molar-refractivity contribution in [2.24, 2.45) is 0 Å². The Kier molecular flexibility index (Phi) is 7.27. The van der Waals surface area contributed by atoms with Gasteiger partial charge >= 0.3 is 0 Å². The minimum absolute atomic E-state index is 0.0423. The third-order valence-electron chi connectivity index (χ3n) is 4.69. The molecule has 0 unspecified atom stereocenters. The number of carbonyl (C=O) groups excluding carboxylic acids is 2. The first kappa shape index (κ1) is 21.9. The predicted octanol–water partition coefficient (Wildman–Crippen LogP) is 5.01. The smallest absolute Gasteiger partial charge is 0.257 e. The van der Waals surface area contributed by atoms with Gasteiger partial charge in [0.15, 0.2) is 0 Å². The molecule has 3 N–H and O–H groups in total. The molecule has 6 heteroatoms. The number of anilines is 3. The number of amides is 2. The molecule has 0 saturated carbocycles. The molecule has 3 rings (SSSR count). The normalized spacial score (nSPS) is 10.3. The van der Waals surface area contributed by atoms with Crippen LogP contribution in [0.2, 0.25) is 0 Å². The van der Waals surface area contributed by atoms with E-state index in [-0.39, 0.29) is 18.4 Å². The molecule has 6 nitrogen and oxygen atoms in total. The topological polar surface area (TPSA) is 79.5 Å². The summed E-state index contributed by atoms with van der Waals surface area (Å²) in [5.41, 5.74) is 4.62. The summed E-state index contributed by atoms with van der Waals surface area (Å²) >= 11 is 0. The van der Waals surface area contributed by atoms with Crippen LogP contribution in [0.4, 0.5) is 17.1 Å². The van der Waals surface area contributed by atoms with Gasteiger partial charge in [0.05, 0.1) is 18.7 Å².